The summed E-state index contributed by atoms with van der Waals surface area (Å²) in [5, 5.41) is 0. The second kappa shape index (κ2) is 4.99. The molecule has 0 unspecified atom stereocenters. The van der Waals surface area contributed by atoms with Crippen LogP contribution in [0, 0.1) is 0 Å². The van der Waals surface area contributed by atoms with Crippen molar-refractivity contribution in [3.8, 4) is 5.75 Å². The van der Waals surface area contributed by atoms with Crippen LogP contribution in [0.15, 0.2) is 24.3 Å². The average Bonchev–Trinajstić information content (AvgIpc) is 2.26. The Morgan fingerprint density at radius 1 is 1.40 bits per heavy atom. The highest BCUT2D eigenvalue weighted by Crippen LogP contribution is 2.13. The maximum Gasteiger partial charge on any atom is 0.338 e. The number of amides is 1. The zero-order valence-electron chi connectivity index (χ0n) is 8.23. The largest absolute Gasteiger partial charge is 0.497 e. The summed E-state index contributed by atoms with van der Waals surface area (Å²) in [6.07, 6.45) is 0. The molecule has 2 N–H and O–H groups in total. The zero-order chi connectivity index (χ0) is 11.3. The van der Waals surface area contributed by atoms with Crippen LogP contribution >= 0.6 is 0 Å². The fourth-order valence-corrected chi connectivity index (χ4v) is 0.970. The third-order valence-corrected chi connectivity index (χ3v) is 1.65. The minimum absolute atomic E-state index is 0.315. The molecule has 15 heavy (non-hydrogen) atoms. The van der Waals surface area contributed by atoms with Crippen LogP contribution in [-0.2, 0) is 9.53 Å². The normalized spacial score (nSPS) is 9.40. The monoisotopic (exact) mass is 209 g/mol. The Bertz CT molecular complexity index is 375. The lowest BCUT2D eigenvalue weighted by Gasteiger charge is -2.04. The first kappa shape index (κ1) is 11.0. The highest BCUT2D eigenvalue weighted by Gasteiger charge is 2.08. The van der Waals surface area contributed by atoms with Gasteiger partial charge in [-0.15, -0.1) is 0 Å². The molecule has 0 saturated heterocycles. The van der Waals surface area contributed by atoms with Crippen molar-refractivity contribution in [3.05, 3.63) is 29.8 Å². The molecule has 1 aromatic carbocycles. The minimum atomic E-state index is -0.689. The summed E-state index contributed by atoms with van der Waals surface area (Å²) in [6, 6.07) is 6.43. The fraction of sp³-hybridized carbons (Fsp3) is 0.200. The van der Waals surface area contributed by atoms with E-state index >= 15 is 0 Å². The molecular weight excluding hydrogens is 198 g/mol. The molecule has 0 aliphatic carbocycles. The molecule has 0 fully saturated rings. The van der Waals surface area contributed by atoms with E-state index < -0.39 is 18.5 Å². The van der Waals surface area contributed by atoms with Gasteiger partial charge in [-0.05, 0) is 18.2 Å². The van der Waals surface area contributed by atoms with Crippen LogP contribution in [0.3, 0.4) is 0 Å². The highest BCUT2D eigenvalue weighted by molar-refractivity contribution is 5.91. The number of carbonyl (C=O) groups excluding carboxylic acids is 2. The SMILES string of the molecule is COc1cccc(C(=O)OCC(N)=O)c1. The van der Waals surface area contributed by atoms with Crippen LogP contribution in [0.5, 0.6) is 5.75 Å². The molecule has 0 aromatic heterocycles. The zero-order valence-corrected chi connectivity index (χ0v) is 8.23. The number of carbonyl (C=O) groups is 2. The van der Waals surface area contributed by atoms with E-state index in [1.54, 1.807) is 18.2 Å². The van der Waals surface area contributed by atoms with E-state index in [0.717, 1.165) is 0 Å². The third-order valence-electron chi connectivity index (χ3n) is 1.65. The average molecular weight is 209 g/mol. The fourth-order valence-electron chi connectivity index (χ4n) is 0.970. The van der Waals surface area contributed by atoms with Gasteiger partial charge in [0.15, 0.2) is 6.61 Å². The van der Waals surface area contributed by atoms with Gasteiger partial charge in [-0.3, -0.25) is 4.79 Å². The molecule has 80 valence electrons. The first-order valence-electron chi connectivity index (χ1n) is 4.23. The molecular formula is C10H11NO4. The van der Waals surface area contributed by atoms with E-state index in [4.69, 9.17) is 10.5 Å². The van der Waals surface area contributed by atoms with Gasteiger partial charge in [-0.2, -0.15) is 0 Å². The van der Waals surface area contributed by atoms with E-state index in [2.05, 4.69) is 4.74 Å². The number of methoxy groups -OCH3 is 1. The van der Waals surface area contributed by atoms with Gasteiger partial charge in [0.2, 0.25) is 0 Å². The van der Waals surface area contributed by atoms with E-state index in [1.807, 2.05) is 0 Å². The van der Waals surface area contributed by atoms with Crippen molar-refractivity contribution in [2.75, 3.05) is 13.7 Å². The molecule has 0 bridgehead atoms. The molecule has 0 saturated carbocycles. The van der Waals surface area contributed by atoms with Crippen molar-refractivity contribution in [1.82, 2.24) is 0 Å². The predicted octanol–water partition coefficient (Wildman–Crippen LogP) is 0.337. The lowest BCUT2D eigenvalue weighted by molar-refractivity contribution is -0.121. The molecule has 5 heteroatoms. The van der Waals surface area contributed by atoms with Gasteiger partial charge in [0, 0.05) is 0 Å². The highest BCUT2D eigenvalue weighted by atomic mass is 16.5. The maximum atomic E-state index is 11.3. The number of hydrogen-bond donors (Lipinski definition) is 1. The van der Waals surface area contributed by atoms with Crippen LogP contribution in [0.25, 0.3) is 0 Å². The second-order valence-corrected chi connectivity index (χ2v) is 2.77. The molecule has 0 heterocycles. The van der Waals surface area contributed by atoms with Crippen molar-refractivity contribution in [2.45, 2.75) is 0 Å². The van der Waals surface area contributed by atoms with Gasteiger partial charge < -0.3 is 15.2 Å². The molecule has 0 radical (unpaired) electrons. The maximum absolute atomic E-state index is 11.3. The quantitative estimate of drug-likeness (QED) is 0.725. The molecule has 1 amide bonds. The van der Waals surface area contributed by atoms with E-state index in [-0.39, 0.29) is 0 Å². The van der Waals surface area contributed by atoms with Gasteiger partial charge in [-0.25, -0.2) is 4.79 Å². The summed E-state index contributed by atoms with van der Waals surface area (Å²) in [5.74, 6) is -0.748. The summed E-state index contributed by atoms with van der Waals surface area (Å²) in [7, 11) is 1.49. The van der Waals surface area contributed by atoms with Crippen molar-refractivity contribution in [3.63, 3.8) is 0 Å². The van der Waals surface area contributed by atoms with Crippen LogP contribution in [0.2, 0.25) is 0 Å². The third kappa shape index (κ3) is 3.30. The van der Waals surface area contributed by atoms with Gasteiger partial charge in [0.1, 0.15) is 5.75 Å². The number of esters is 1. The van der Waals surface area contributed by atoms with Crippen molar-refractivity contribution < 1.29 is 19.1 Å². The number of rotatable bonds is 4. The number of hydrogen-bond acceptors (Lipinski definition) is 4. The van der Waals surface area contributed by atoms with E-state index in [0.29, 0.717) is 11.3 Å². The molecule has 0 spiro atoms. The lowest BCUT2D eigenvalue weighted by Crippen LogP contribution is -2.20. The molecule has 1 rings (SSSR count). The van der Waals surface area contributed by atoms with Gasteiger partial charge in [0.05, 0.1) is 12.7 Å². The standard InChI is InChI=1S/C10H11NO4/c1-14-8-4-2-3-7(5-8)10(13)15-6-9(11)12/h2-5H,6H2,1H3,(H2,11,12). The smallest absolute Gasteiger partial charge is 0.338 e. The topological polar surface area (TPSA) is 78.6 Å². The van der Waals surface area contributed by atoms with Crippen LogP contribution in [0.1, 0.15) is 10.4 Å². The minimum Gasteiger partial charge on any atom is -0.497 e. The van der Waals surface area contributed by atoms with E-state index in [1.165, 1.54) is 13.2 Å². The van der Waals surface area contributed by atoms with Crippen molar-refractivity contribution in [2.24, 2.45) is 5.73 Å². The number of primary amides is 1. The molecule has 5 nitrogen and oxygen atoms in total. The Labute approximate surface area is 86.8 Å². The van der Waals surface area contributed by atoms with Crippen molar-refractivity contribution in [1.29, 1.82) is 0 Å². The van der Waals surface area contributed by atoms with Crippen molar-refractivity contribution >= 4 is 11.9 Å². The Balaban J connectivity index is 2.69. The van der Waals surface area contributed by atoms with Gasteiger partial charge in [-0.1, -0.05) is 6.07 Å². The second-order valence-electron chi connectivity index (χ2n) is 2.77. The molecule has 0 atom stereocenters. The first-order chi connectivity index (χ1) is 7.13. The lowest BCUT2D eigenvalue weighted by atomic mass is 10.2. The van der Waals surface area contributed by atoms with Crippen LogP contribution in [-0.4, -0.2) is 25.6 Å². The Hall–Kier alpha value is -2.04. The molecule has 1 aromatic rings. The van der Waals surface area contributed by atoms with Crippen LogP contribution < -0.4 is 10.5 Å². The van der Waals surface area contributed by atoms with Gasteiger partial charge >= 0.3 is 5.97 Å². The summed E-state index contributed by atoms with van der Waals surface area (Å²) >= 11 is 0. The Kier molecular flexibility index (Phi) is 3.68. The summed E-state index contributed by atoms with van der Waals surface area (Å²) < 4.78 is 9.55. The predicted molar refractivity (Wildman–Crippen MR) is 52.5 cm³/mol. The van der Waals surface area contributed by atoms with Gasteiger partial charge in [0.25, 0.3) is 5.91 Å². The molecule has 0 aliphatic heterocycles. The number of nitrogens with two attached hydrogens (primary N) is 1. The Morgan fingerprint density at radius 3 is 2.73 bits per heavy atom. The Morgan fingerprint density at radius 2 is 2.13 bits per heavy atom. The summed E-state index contributed by atoms with van der Waals surface area (Å²) in [4.78, 5) is 21.7. The number of ether oxygens (including phenoxy) is 2. The van der Waals surface area contributed by atoms with Crippen LogP contribution in [0.4, 0.5) is 0 Å². The summed E-state index contributed by atoms with van der Waals surface area (Å²) in [5.41, 5.74) is 5.15. The molecule has 0 aliphatic rings. The summed E-state index contributed by atoms with van der Waals surface area (Å²) in [6.45, 7) is -0.421. The number of benzene rings is 1. The first-order valence-corrected chi connectivity index (χ1v) is 4.23. The van der Waals surface area contributed by atoms with E-state index in [9.17, 15) is 9.59 Å².